The molecule has 1 aromatic rings. The lowest BCUT2D eigenvalue weighted by Crippen LogP contribution is -2.54. The average molecular weight is 334 g/mol. The average Bonchev–Trinajstić information content (AvgIpc) is 3.10. The van der Waals surface area contributed by atoms with Crippen molar-refractivity contribution in [3.05, 3.63) is 12.3 Å². The molecule has 1 spiro atoms. The first-order chi connectivity index (χ1) is 11.4. The lowest BCUT2D eigenvalue weighted by atomic mass is 9.75. The molecular weight excluding hydrogens is 311 g/mol. The molecule has 7 heteroatoms. The van der Waals surface area contributed by atoms with Crippen molar-refractivity contribution in [3.63, 3.8) is 0 Å². The largest absolute Gasteiger partial charge is 0.340 e. The number of halogens is 1. The van der Waals surface area contributed by atoms with Crippen LogP contribution >= 0.6 is 0 Å². The van der Waals surface area contributed by atoms with Crippen molar-refractivity contribution in [2.24, 2.45) is 12.5 Å². The summed E-state index contributed by atoms with van der Waals surface area (Å²) >= 11 is 0. The minimum Gasteiger partial charge on any atom is -0.340 e. The van der Waals surface area contributed by atoms with E-state index < -0.39 is 11.1 Å². The molecule has 3 heterocycles. The van der Waals surface area contributed by atoms with E-state index in [0.29, 0.717) is 51.1 Å². The Balaban J connectivity index is 1.43. The number of piperidine rings is 1. The molecule has 24 heavy (non-hydrogen) atoms. The van der Waals surface area contributed by atoms with Gasteiger partial charge >= 0.3 is 0 Å². The summed E-state index contributed by atoms with van der Waals surface area (Å²) in [5.41, 5.74) is -2.04. The van der Waals surface area contributed by atoms with Crippen LogP contribution in [0.5, 0.6) is 0 Å². The summed E-state index contributed by atoms with van der Waals surface area (Å²) in [5, 5.41) is 4.32. The van der Waals surface area contributed by atoms with E-state index in [1.54, 1.807) is 14.5 Å². The molecule has 1 saturated carbocycles. The van der Waals surface area contributed by atoms with E-state index in [2.05, 4.69) is 5.10 Å². The summed E-state index contributed by atoms with van der Waals surface area (Å²) in [4.78, 5) is 28.6. The smallest absolute Gasteiger partial charge is 0.260 e. The molecule has 0 N–H and O–H groups in total. The third-order valence-corrected chi connectivity index (χ3v) is 6.03. The van der Waals surface area contributed by atoms with Crippen LogP contribution in [0.25, 0.3) is 0 Å². The van der Waals surface area contributed by atoms with E-state index in [1.807, 2.05) is 19.3 Å². The third kappa shape index (κ3) is 2.24. The van der Waals surface area contributed by atoms with Crippen LogP contribution in [-0.4, -0.2) is 51.8 Å². The maximum atomic E-state index is 14.3. The van der Waals surface area contributed by atoms with Gasteiger partial charge in [-0.15, -0.1) is 0 Å². The maximum absolute atomic E-state index is 14.3. The molecule has 130 valence electrons. The van der Waals surface area contributed by atoms with Gasteiger partial charge in [0.2, 0.25) is 5.91 Å². The van der Waals surface area contributed by atoms with Crippen LogP contribution in [0.15, 0.2) is 12.3 Å². The molecule has 2 saturated heterocycles. The SMILES string of the molecule is Cn1ccc(N2CCC3(CCN(C(=O)C4(F)CCC4)CC3)C2=O)n1. The quantitative estimate of drug-likeness (QED) is 0.826. The van der Waals surface area contributed by atoms with Crippen LogP contribution in [0, 0.1) is 5.41 Å². The summed E-state index contributed by atoms with van der Waals surface area (Å²) in [6, 6.07) is 1.85. The van der Waals surface area contributed by atoms with Crippen molar-refractivity contribution < 1.29 is 14.0 Å². The Hall–Kier alpha value is -1.92. The monoisotopic (exact) mass is 334 g/mol. The van der Waals surface area contributed by atoms with Crippen molar-refractivity contribution in [2.75, 3.05) is 24.5 Å². The molecule has 2 aliphatic heterocycles. The summed E-state index contributed by atoms with van der Waals surface area (Å²) in [6.07, 6.45) is 5.34. The zero-order valence-corrected chi connectivity index (χ0v) is 14.0. The number of nitrogens with zero attached hydrogens (tertiary/aromatic N) is 4. The summed E-state index contributed by atoms with van der Waals surface area (Å²) < 4.78 is 16.0. The van der Waals surface area contributed by atoms with E-state index in [4.69, 9.17) is 0 Å². The van der Waals surface area contributed by atoms with E-state index in [9.17, 15) is 14.0 Å². The standard InChI is InChI=1S/C17H23FN4O2/c1-20-9-3-13(19-20)22-12-8-16(14(22)23)6-10-21(11-7-16)15(24)17(18)4-2-5-17/h3,9H,2,4-8,10-12H2,1H3. The van der Waals surface area contributed by atoms with Crippen molar-refractivity contribution in [2.45, 2.75) is 44.2 Å². The minimum absolute atomic E-state index is 0.104. The van der Waals surface area contributed by atoms with Gasteiger partial charge in [-0.2, -0.15) is 5.10 Å². The summed E-state index contributed by atoms with van der Waals surface area (Å²) in [6.45, 7) is 1.62. The van der Waals surface area contributed by atoms with Gasteiger partial charge in [-0.25, -0.2) is 4.39 Å². The third-order valence-electron chi connectivity index (χ3n) is 6.03. The van der Waals surface area contributed by atoms with Crippen LogP contribution in [0.3, 0.4) is 0 Å². The lowest BCUT2D eigenvalue weighted by molar-refractivity contribution is -0.153. The second-order valence-electron chi connectivity index (χ2n) is 7.45. The first kappa shape index (κ1) is 15.6. The topological polar surface area (TPSA) is 58.4 Å². The Kier molecular flexibility index (Phi) is 3.44. The number of rotatable bonds is 2. The first-order valence-corrected chi connectivity index (χ1v) is 8.74. The molecular formula is C17H23FN4O2. The van der Waals surface area contributed by atoms with Crippen molar-refractivity contribution in [3.8, 4) is 0 Å². The van der Waals surface area contributed by atoms with E-state index in [1.165, 1.54) is 0 Å². The van der Waals surface area contributed by atoms with Gasteiger partial charge in [-0.3, -0.25) is 19.2 Å². The van der Waals surface area contributed by atoms with Crippen LogP contribution in [-0.2, 0) is 16.6 Å². The molecule has 4 rings (SSSR count). The number of hydrogen-bond acceptors (Lipinski definition) is 3. The Labute approximate surface area is 140 Å². The van der Waals surface area contributed by atoms with Gasteiger partial charge in [-0.1, -0.05) is 0 Å². The Morgan fingerprint density at radius 3 is 2.38 bits per heavy atom. The zero-order valence-electron chi connectivity index (χ0n) is 14.0. The number of aromatic nitrogens is 2. The van der Waals surface area contributed by atoms with E-state index in [0.717, 1.165) is 12.8 Å². The highest BCUT2D eigenvalue weighted by molar-refractivity contribution is 5.99. The van der Waals surface area contributed by atoms with Crippen LogP contribution in [0.2, 0.25) is 0 Å². The van der Waals surface area contributed by atoms with Crippen molar-refractivity contribution in [1.29, 1.82) is 0 Å². The highest BCUT2D eigenvalue weighted by Gasteiger charge is 2.52. The maximum Gasteiger partial charge on any atom is 0.260 e. The minimum atomic E-state index is -1.63. The van der Waals surface area contributed by atoms with E-state index >= 15 is 0 Å². The van der Waals surface area contributed by atoms with Crippen molar-refractivity contribution in [1.82, 2.24) is 14.7 Å². The number of carbonyl (C=O) groups is 2. The van der Waals surface area contributed by atoms with Gasteiger partial charge in [0, 0.05) is 38.9 Å². The number of likely N-dealkylation sites (tertiary alicyclic amines) is 1. The van der Waals surface area contributed by atoms with Gasteiger partial charge < -0.3 is 4.90 Å². The van der Waals surface area contributed by atoms with E-state index in [-0.39, 0.29) is 11.8 Å². The predicted octanol–water partition coefficient (Wildman–Crippen LogP) is 1.66. The molecule has 2 amide bonds. The Morgan fingerprint density at radius 2 is 1.83 bits per heavy atom. The number of amides is 2. The fourth-order valence-electron chi connectivity index (χ4n) is 4.17. The number of aryl methyl sites for hydroxylation is 1. The normalized spacial score (nSPS) is 25.2. The molecule has 0 bridgehead atoms. The first-order valence-electron chi connectivity index (χ1n) is 8.74. The second-order valence-corrected chi connectivity index (χ2v) is 7.45. The second kappa shape index (κ2) is 5.29. The summed E-state index contributed by atoms with van der Waals surface area (Å²) in [7, 11) is 1.83. The van der Waals surface area contributed by atoms with Gasteiger partial charge in [0.25, 0.3) is 5.91 Å². The molecule has 1 aromatic heterocycles. The summed E-state index contributed by atoms with van der Waals surface area (Å²) in [5.74, 6) is 0.428. The highest BCUT2D eigenvalue weighted by atomic mass is 19.1. The lowest BCUT2D eigenvalue weighted by Gasteiger charge is -2.42. The zero-order chi connectivity index (χ0) is 16.9. The molecule has 0 aromatic carbocycles. The van der Waals surface area contributed by atoms with Gasteiger partial charge in [-0.05, 0) is 38.5 Å². The van der Waals surface area contributed by atoms with Gasteiger partial charge in [0.15, 0.2) is 11.5 Å². The van der Waals surface area contributed by atoms with Gasteiger partial charge in [0.1, 0.15) is 0 Å². The van der Waals surface area contributed by atoms with Crippen molar-refractivity contribution >= 4 is 17.6 Å². The number of anilines is 1. The Morgan fingerprint density at radius 1 is 1.17 bits per heavy atom. The van der Waals surface area contributed by atoms with Gasteiger partial charge in [0.05, 0.1) is 5.41 Å². The number of alkyl halides is 1. The molecule has 3 fully saturated rings. The molecule has 1 aliphatic carbocycles. The fraction of sp³-hybridized carbons (Fsp3) is 0.706. The highest BCUT2D eigenvalue weighted by Crippen LogP contribution is 2.44. The molecule has 3 aliphatic rings. The molecule has 6 nitrogen and oxygen atoms in total. The van der Waals surface area contributed by atoms with Crippen LogP contribution in [0.1, 0.15) is 38.5 Å². The molecule has 0 unspecified atom stereocenters. The Bertz CT molecular complexity index is 674. The number of hydrogen-bond donors (Lipinski definition) is 0. The predicted molar refractivity (Wildman–Crippen MR) is 86.1 cm³/mol. The molecule has 0 radical (unpaired) electrons. The molecule has 0 atom stereocenters. The number of carbonyl (C=O) groups excluding carboxylic acids is 2. The fourth-order valence-corrected chi connectivity index (χ4v) is 4.17. The van der Waals surface area contributed by atoms with Crippen LogP contribution < -0.4 is 4.90 Å². The van der Waals surface area contributed by atoms with Crippen LogP contribution in [0.4, 0.5) is 10.2 Å².